The SMILES string of the molecule is CC(C)(C)NC(=O)[C@H]1CC[C@H]2CCCC[C@H]2N1C[C@H]1C[C@@H](c2ccc(CO)cc2)O[C@@H](c2ccc(-c3cccc(CNC(=O)CCCCCC(=O)O)c3)cc2)O1. The number of nitrogens with zero attached hydrogens (tertiary/aromatic N) is 1. The number of amides is 2. The van der Waals surface area contributed by atoms with Crippen LogP contribution in [-0.2, 0) is 37.0 Å². The summed E-state index contributed by atoms with van der Waals surface area (Å²) in [5, 5.41) is 24.8. The Balaban J connectivity index is 1.16. The van der Waals surface area contributed by atoms with Crippen molar-refractivity contribution in [3.8, 4) is 11.1 Å². The molecule has 2 saturated heterocycles. The first kappa shape index (κ1) is 41.5. The van der Waals surface area contributed by atoms with Gasteiger partial charge in [0.2, 0.25) is 11.8 Å². The molecule has 3 fully saturated rings. The molecule has 0 bridgehead atoms. The number of nitrogens with one attached hydrogen (secondary N) is 2. The van der Waals surface area contributed by atoms with Gasteiger partial charge in [0.25, 0.3) is 0 Å². The first-order valence-corrected chi connectivity index (χ1v) is 20.7. The summed E-state index contributed by atoms with van der Waals surface area (Å²) < 4.78 is 13.6. The molecule has 56 heavy (non-hydrogen) atoms. The standard InChI is InChI=1S/C46H61N3O7/c1-46(2,3)48-44(54)40-25-24-34-11-7-8-13-39(34)49(40)29-38-27-41(35-18-16-31(30-50)17-19-35)56-45(55-38)36-22-20-33(21-23-36)37-12-9-10-32(26-37)28-47-42(51)14-5-4-6-15-43(52)53/h9-10,12,16-23,26,34,38-41,45,50H,4-8,11,13-15,24-25,27-30H2,1-3H3,(H,47,51)(H,48,54)(H,52,53)/t34-,38-,39-,40-,41+,45+/m1/s1. The number of aliphatic hydroxyl groups excluding tert-OH is 1. The Kier molecular flexibility index (Phi) is 14.4. The van der Waals surface area contributed by atoms with Gasteiger partial charge in [0, 0.05) is 49.5 Å². The van der Waals surface area contributed by atoms with E-state index in [0.29, 0.717) is 50.7 Å². The molecule has 2 aliphatic heterocycles. The topological polar surface area (TPSA) is 137 Å². The lowest BCUT2D eigenvalue weighted by atomic mass is 9.75. The number of likely N-dealkylation sites (tertiary alicyclic amines) is 1. The van der Waals surface area contributed by atoms with E-state index in [0.717, 1.165) is 59.1 Å². The molecule has 4 N–H and O–H groups in total. The van der Waals surface area contributed by atoms with E-state index in [-0.39, 0.29) is 48.6 Å². The minimum Gasteiger partial charge on any atom is -0.481 e. The van der Waals surface area contributed by atoms with Crippen LogP contribution in [0, 0.1) is 5.92 Å². The smallest absolute Gasteiger partial charge is 0.303 e. The first-order valence-electron chi connectivity index (χ1n) is 20.7. The molecule has 3 aromatic rings. The molecule has 2 heterocycles. The second-order valence-corrected chi connectivity index (χ2v) is 17.0. The first-order chi connectivity index (χ1) is 27.0. The van der Waals surface area contributed by atoms with E-state index in [1.54, 1.807) is 0 Å². The average molecular weight is 768 g/mol. The monoisotopic (exact) mass is 767 g/mol. The van der Waals surface area contributed by atoms with Gasteiger partial charge in [0.1, 0.15) is 0 Å². The van der Waals surface area contributed by atoms with Gasteiger partial charge < -0.3 is 30.3 Å². The zero-order valence-electron chi connectivity index (χ0n) is 33.4. The highest BCUT2D eigenvalue weighted by atomic mass is 16.7. The third-order valence-corrected chi connectivity index (χ3v) is 11.6. The number of fused-ring (bicyclic) bond motifs is 1. The molecule has 0 unspecified atom stereocenters. The Labute approximate surface area is 332 Å². The van der Waals surface area contributed by atoms with E-state index in [1.807, 2.05) is 57.2 Å². The minimum absolute atomic E-state index is 0.0167. The van der Waals surface area contributed by atoms with Crippen LogP contribution in [-0.4, -0.2) is 63.2 Å². The summed E-state index contributed by atoms with van der Waals surface area (Å²) in [5.41, 5.74) is 5.56. The summed E-state index contributed by atoms with van der Waals surface area (Å²) in [5.74, 6) is -0.134. The summed E-state index contributed by atoms with van der Waals surface area (Å²) in [7, 11) is 0. The number of hydrogen-bond acceptors (Lipinski definition) is 7. The predicted molar refractivity (Wildman–Crippen MR) is 216 cm³/mol. The van der Waals surface area contributed by atoms with Crippen LogP contribution in [0.25, 0.3) is 11.1 Å². The van der Waals surface area contributed by atoms with Crippen LogP contribution in [0.2, 0.25) is 0 Å². The van der Waals surface area contributed by atoms with Crippen molar-refractivity contribution in [3.63, 3.8) is 0 Å². The summed E-state index contributed by atoms with van der Waals surface area (Å²) in [6.45, 7) is 7.18. The summed E-state index contributed by atoms with van der Waals surface area (Å²) in [6, 6.07) is 24.5. The van der Waals surface area contributed by atoms with E-state index in [2.05, 4.69) is 51.9 Å². The molecule has 3 aromatic carbocycles. The molecule has 1 aliphatic carbocycles. The van der Waals surface area contributed by atoms with E-state index in [1.165, 1.54) is 19.3 Å². The Bertz CT molecular complexity index is 1760. The molecule has 0 spiro atoms. The third-order valence-electron chi connectivity index (χ3n) is 11.6. The predicted octanol–water partition coefficient (Wildman–Crippen LogP) is 7.98. The number of rotatable bonds is 15. The maximum Gasteiger partial charge on any atom is 0.303 e. The molecule has 3 aliphatic rings. The van der Waals surface area contributed by atoms with Crippen molar-refractivity contribution in [1.82, 2.24) is 15.5 Å². The van der Waals surface area contributed by atoms with Crippen molar-refractivity contribution in [2.45, 2.75) is 147 Å². The Morgan fingerprint density at radius 3 is 2.27 bits per heavy atom. The number of unbranched alkanes of at least 4 members (excludes halogenated alkanes) is 2. The molecule has 10 heteroatoms. The molecule has 1 saturated carbocycles. The molecular weight excluding hydrogens is 707 g/mol. The van der Waals surface area contributed by atoms with Crippen LogP contribution in [0.15, 0.2) is 72.8 Å². The second-order valence-electron chi connectivity index (χ2n) is 17.0. The number of piperidine rings is 1. The Hall–Kier alpha value is -4.09. The lowest BCUT2D eigenvalue weighted by Gasteiger charge is -2.50. The van der Waals surface area contributed by atoms with Crippen LogP contribution in [0.1, 0.15) is 132 Å². The fraction of sp³-hybridized carbons (Fsp3) is 0.543. The van der Waals surface area contributed by atoms with Gasteiger partial charge in [0.05, 0.1) is 24.9 Å². The van der Waals surface area contributed by atoms with Crippen molar-refractivity contribution in [2.75, 3.05) is 6.54 Å². The summed E-state index contributed by atoms with van der Waals surface area (Å²) in [6.07, 6.45) is 8.85. The number of hydrogen-bond donors (Lipinski definition) is 4. The number of carbonyl (C=O) groups is 3. The largest absolute Gasteiger partial charge is 0.481 e. The Morgan fingerprint density at radius 1 is 0.804 bits per heavy atom. The van der Waals surface area contributed by atoms with Crippen LogP contribution in [0.3, 0.4) is 0 Å². The summed E-state index contributed by atoms with van der Waals surface area (Å²) in [4.78, 5) is 39.4. The van der Waals surface area contributed by atoms with Crippen molar-refractivity contribution in [2.24, 2.45) is 5.92 Å². The quantitative estimate of drug-likeness (QED) is 0.114. The lowest BCUT2D eigenvalue weighted by molar-refractivity contribution is -0.255. The lowest BCUT2D eigenvalue weighted by Crippen LogP contribution is -2.61. The van der Waals surface area contributed by atoms with Crippen molar-refractivity contribution >= 4 is 17.8 Å². The minimum atomic E-state index is -0.804. The van der Waals surface area contributed by atoms with Gasteiger partial charge in [-0.3, -0.25) is 19.3 Å². The van der Waals surface area contributed by atoms with E-state index >= 15 is 0 Å². The van der Waals surface area contributed by atoms with Gasteiger partial charge in [0.15, 0.2) is 6.29 Å². The van der Waals surface area contributed by atoms with Gasteiger partial charge in [-0.1, -0.05) is 86.0 Å². The number of carboxylic acids is 1. The number of aliphatic carboxylic acids is 1. The molecule has 6 rings (SSSR count). The number of carboxylic acid groups (broad SMARTS) is 1. The molecule has 302 valence electrons. The van der Waals surface area contributed by atoms with Crippen LogP contribution in [0.4, 0.5) is 0 Å². The zero-order valence-corrected chi connectivity index (χ0v) is 33.4. The van der Waals surface area contributed by atoms with E-state index in [4.69, 9.17) is 14.6 Å². The number of benzene rings is 3. The second kappa shape index (κ2) is 19.4. The van der Waals surface area contributed by atoms with Gasteiger partial charge in [-0.25, -0.2) is 0 Å². The van der Waals surface area contributed by atoms with Gasteiger partial charge >= 0.3 is 5.97 Å². The van der Waals surface area contributed by atoms with E-state index < -0.39 is 12.3 Å². The van der Waals surface area contributed by atoms with Crippen molar-refractivity contribution in [1.29, 1.82) is 0 Å². The van der Waals surface area contributed by atoms with E-state index in [9.17, 15) is 19.5 Å². The third kappa shape index (κ3) is 11.5. The van der Waals surface area contributed by atoms with Crippen molar-refractivity contribution < 1.29 is 34.1 Å². The van der Waals surface area contributed by atoms with Crippen LogP contribution >= 0.6 is 0 Å². The maximum atomic E-state index is 13.8. The molecule has 0 radical (unpaired) electrons. The average Bonchev–Trinajstić information content (AvgIpc) is 3.19. The fourth-order valence-corrected chi connectivity index (χ4v) is 8.72. The van der Waals surface area contributed by atoms with Crippen LogP contribution in [0.5, 0.6) is 0 Å². The van der Waals surface area contributed by atoms with Gasteiger partial charge in [-0.2, -0.15) is 0 Å². The maximum absolute atomic E-state index is 13.8. The fourth-order valence-electron chi connectivity index (χ4n) is 8.72. The highest BCUT2D eigenvalue weighted by Crippen LogP contribution is 2.42. The summed E-state index contributed by atoms with van der Waals surface area (Å²) >= 11 is 0. The van der Waals surface area contributed by atoms with Crippen molar-refractivity contribution in [3.05, 3.63) is 95.1 Å². The zero-order chi connectivity index (χ0) is 39.7. The normalized spacial score (nSPS) is 24.2. The highest BCUT2D eigenvalue weighted by Gasteiger charge is 2.44. The molecule has 6 atom stereocenters. The molecule has 2 amide bonds. The molecule has 0 aromatic heterocycles. The number of aliphatic hydroxyl groups is 1. The number of carbonyl (C=O) groups excluding carboxylic acids is 2. The van der Waals surface area contributed by atoms with Crippen LogP contribution < -0.4 is 10.6 Å². The molecule has 10 nitrogen and oxygen atoms in total. The van der Waals surface area contributed by atoms with Gasteiger partial charge in [-0.05, 0) is 99.1 Å². The van der Waals surface area contributed by atoms with Gasteiger partial charge in [-0.15, -0.1) is 0 Å². The number of ether oxygens (including phenoxy) is 2. The molecular formula is C46H61N3O7. The Morgan fingerprint density at radius 2 is 1.54 bits per heavy atom. The highest BCUT2D eigenvalue weighted by molar-refractivity contribution is 5.82.